The van der Waals surface area contributed by atoms with Crippen molar-refractivity contribution >= 4 is 0 Å². The molecule has 0 N–H and O–H groups in total. The summed E-state index contributed by atoms with van der Waals surface area (Å²) in [6.07, 6.45) is 7.26. The summed E-state index contributed by atoms with van der Waals surface area (Å²) in [5.74, 6) is 1.00. The molecule has 3 fully saturated rings. The van der Waals surface area contributed by atoms with Gasteiger partial charge in [0.25, 0.3) is 0 Å². The van der Waals surface area contributed by atoms with E-state index >= 15 is 0 Å². The van der Waals surface area contributed by atoms with E-state index in [1.165, 1.54) is 38.6 Å². The number of hydrogen-bond acceptors (Lipinski definition) is 3. The smallest absolute Gasteiger partial charge is 0.0608 e. The highest BCUT2D eigenvalue weighted by Crippen LogP contribution is 2.36. The highest BCUT2D eigenvalue weighted by atomic mass is 16.5. The average Bonchev–Trinajstić information content (AvgIpc) is 2.74. The Morgan fingerprint density at radius 3 is 2.53 bits per heavy atom. The van der Waals surface area contributed by atoms with Crippen LogP contribution in [0.4, 0.5) is 0 Å². The lowest BCUT2D eigenvalue weighted by molar-refractivity contribution is -0.105. The number of nitrogens with zero attached hydrogens (tertiary/aromatic N) is 2. The van der Waals surface area contributed by atoms with Crippen molar-refractivity contribution in [2.24, 2.45) is 5.92 Å². The van der Waals surface area contributed by atoms with Gasteiger partial charge in [-0.1, -0.05) is 12.8 Å². The van der Waals surface area contributed by atoms with E-state index < -0.39 is 0 Å². The van der Waals surface area contributed by atoms with E-state index in [1.807, 2.05) is 0 Å². The molecule has 0 aromatic rings. The predicted molar refractivity (Wildman–Crippen MR) is 59.5 cm³/mol. The molecule has 0 aromatic carbocycles. The van der Waals surface area contributed by atoms with E-state index in [0.717, 1.165) is 38.3 Å². The molecule has 3 nitrogen and oxygen atoms in total. The summed E-state index contributed by atoms with van der Waals surface area (Å²) in [5, 5.41) is 5.23. The lowest BCUT2D eigenvalue weighted by atomic mass is 9.85. The molecular formula is C12H22N2O. The zero-order chi connectivity index (χ0) is 10.1. The maximum Gasteiger partial charge on any atom is 0.0608 e. The van der Waals surface area contributed by atoms with Crippen molar-refractivity contribution in [1.29, 1.82) is 0 Å². The Morgan fingerprint density at radius 1 is 0.867 bits per heavy atom. The van der Waals surface area contributed by atoms with Crippen LogP contribution in [0.3, 0.4) is 0 Å². The fourth-order valence-electron chi connectivity index (χ4n) is 3.54. The molecule has 0 bridgehead atoms. The lowest BCUT2D eigenvalue weighted by Gasteiger charge is -2.41. The summed E-state index contributed by atoms with van der Waals surface area (Å²) in [6.45, 7) is 5.38. The summed E-state index contributed by atoms with van der Waals surface area (Å²) in [5.41, 5.74) is 0. The van der Waals surface area contributed by atoms with E-state index in [0.29, 0.717) is 0 Å². The highest BCUT2D eigenvalue weighted by Gasteiger charge is 2.38. The third-order valence-electron chi connectivity index (χ3n) is 4.33. The van der Waals surface area contributed by atoms with Gasteiger partial charge in [-0.05, 0) is 25.2 Å². The van der Waals surface area contributed by atoms with Crippen LogP contribution in [0.2, 0.25) is 0 Å². The van der Waals surface area contributed by atoms with Gasteiger partial charge in [0, 0.05) is 25.7 Å². The van der Waals surface area contributed by atoms with Gasteiger partial charge in [-0.15, -0.1) is 0 Å². The van der Waals surface area contributed by atoms with Gasteiger partial charge in [-0.25, -0.2) is 10.0 Å². The number of morpholine rings is 1. The molecule has 15 heavy (non-hydrogen) atoms. The quantitative estimate of drug-likeness (QED) is 0.652. The van der Waals surface area contributed by atoms with Crippen LogP contribution in [0, 0.1) is 5.92 Å². The Hall–Kier alpha value is -0.120. The number of hydrogen-bond donors (Lipinski definition) is 0. The Kier molecular flexibility index (Phi) is 2.95. The zero-order valence-electron chi connectivity index (χ0n) is 9.53. The van der Waals surface area contributed by atoms with E-state index in [4.69, 9.17) is 4.74 Å². The number of rotatable bonds is 1. The molecule has 0 amide bonds. The first-order chi connectivity index (χ1) is 7.45. The molecule has 2 saturated heterocycles. The first-order valence-electron chi connectivity index (χ1n) is 6.54. The molecule has 1 aliphatic carbocycles. The van der Waals surface area contributed by atoms with Crippen molar-refractivity contribution in [3.05, 3.63) is 0 Å². The Bertz CT molecular complexity index is 216. The third-order valence-corrected chi connectivity index (χ3v) is 4.33. The molecule has 3 rings (SSSR count). The summed E-state index contributed by atoms with van der Waals surface area (Å²) in [7, 11) is 0. The molecule has 2 atom stereocenters. The topological polar surface area (TPSA) is 15.7 Å². The van der Waals surface area contributed by atoms with Gasteiger partial charge < -0.3 is 4.74 Å². The molecule has 0 radical (unpaired) electrons. The van der Waals surface area contributed by atoms with Gasteiger partial charge in [0.15, 0.2) is 0 Å². The summed E-state index contributed by atoms with van der Waals surface area (Å²) in [6, 6.07) is 0.872. The van der Waals surface area contributed by atoms with Gasteiger partial charge in [0.1, 0.15) is 0 Å². The fraction of sp³-hybridized carbons (Fsp3) is 1.00. The molecule has 1 saturated carbocycles. The standard InChI is InChI=1S/C12H22N2O/c1-2-4-12-11(3-1)5-6-14(12)13-7-9-15-10-8-13/h11-12H,1-10H2. The van der Waals surface area contributed by atoms with Crippen molar-refractivity contribution in [3.63, 3.8) is 0 Å². The summed E-state index contributed by atoms with van der Waals surface area (Å²) >= 11 is 0. The van der Waals surface area contributed by atoms with Crippen LogP contribution in [0.5, 0.6) is 0 Å². The van der Waals surface area contributed by atoms with E-state index in [2.05, 4.69) is 10.0 Å². The van der Waals surface area contributed by atoms with Crippen LogP contribution in [-0.4, -0.2) is 48.9 Å². The highest BCUT2D eigenvalue weighted by molar-refractivity contribution is 4.89. The Morgan fingerprint density at radius 2 is 1.67 bits per heavy atom. The zero-order valence-corrected chi connectivity index (χ0v) is 9.53. The Balaban J connectivity index is 1.65. The van der Waals surface area contributed by atoms with Crippen LogP contribution < -0.4 is 0 Å². The molecule has 86 valence electrons. The van der Waals surface area contributed by atoms with Crippen molar-refractivity contribution in [1.82, 2.24) is 10.0 Å². The van der Waals surface area contributed by atoms with Crippen molar-refractivity contribution in [2.45, 2.75) is 38.1 Å². The van der Waals surface area contributed by atoms with Crippen LogP contribution in [0.1, 0.15) is 32.1 Å². The van der Waals surface area contributed by atoms with Crippen molar-refractivity contribution < 1.29 is 4.74 Å². The predicted octanol–water partition coefficient (Wildman–Crippen LogP) is 1.50. The molecular weight excluding hydrogens is 188 g/mol. The second kappa shape index (κ2) is 4.40. The monoisotopic (exact) mass is 210 g/mol. The maximum absolute atomic E-state index is 5.43. The van der Waals surface area contributed by atoms with E-state index in [9.17, 15) is 0 Å². The van der Waals surface area contributed by atoms with Gasteiger partial charge in [-0.2, -0.15) is 0 Å². The van der Waals surface area contributed by atoms with Crippen LogP contribution >= 0.6 is 0 Å². The largest absolute Gasteiger partial charge is 0.379 e. The molecule has 0 spiro atoms. The molecule has 2 aliphatic heterocycles. The Labute approximate surface area is 92.3 Å². The minimum absolute atomic E-state index is 0.872. The second-order valence-electron chi connectivity index (χ2n) is 5.13. The average molecular weight is 210 g/mol. The lowest BCUT2D eigenvalue weighted by Crippen LogP contribution is -2.52. The minimum atomic E-state index is 0.872. The number of ether oxygens (including phenoxy) is 1. The van der Waals surface area contributed by atoms with Gasteiger partial charge in [-0.3, -0.25) is 0 Å². The normalized spacial score (nSPS) is 39.2. The first kappa shape index (κ1) is 10.1. The summed E-state index contributed by atoms with van der Waals surface area (Å²) < 4.78 is 5.43. The minimum Gasteiger partial charge on any atom is -0.379 e. The maximum atomic E-state index is 5.43. The van der Waals surface area contributed by atoms with Crippen molar-refractivity contribution in [3.8, 4) is 0 Å². The van der Waals surface area contributed by atoms with E-state index in [1.54, 1.807) is 0 Å². The SMILES string of the molecule is C1CCC2C(C1)CCN2N1CCOCC1. The van der Waals surface area contributed by atoms with Gasteiger partial charge in [0.2, 0.25) is 0 Å². The molecule has 3 heteroatoms. The first-order valence-corrected chi connectivity index (χ1v) is 6.54. The molecule has 2 heterocycles. The molecule has 0 aromatic heterocycles. The second-order valence-corrected chi connectivity index (χ2v) is 5.13. The number of hydrazine groups is 1. The molecule has 3 aliphatic rings. The van der Waals surface area contributed by atoms with Gasteiger partial charge in [0.05, 0.1) is 13.2 Å². The fourth-order valence-corrected chi connectivity index (χ4v) is 3.54. The van der Waals surface area contributed by atoms with Gasteiger partial charge >= 0.3 is 0 Å². The van der Waals surface area contributed by atoms with Crippen molar-refractivity contribution in [2.75, 3.05) is 32.8 Å². The number of fused-ring (bicyclic) bond motifs is 1. The van der Waals surface area contributed by atoms with Crippen LogP contribution in [0.25, 0.3) is 0 Å². The molecule has 2 unspecified atom stereocenters. The summed E-state index contributed by atoms with van der Waals surface area (Å²) in [4.78, 5) is 0. The third kappa shape index (κ3) is 1.93. The van der Waals surface area contributed by atoms with Crippen LogP contribution in [-0.2, 0) is 4.74 Å². The van der Waals surface area contributed by atoms with Crippen LogP contribution in [0.15, 0.2) is 0 Å². The van der Waals surface area contributed by atoms with E-state index in [-0.39, 0.29) is 0 Å².